The Morgan fingerprint density at radius 3 is 2.53 bits per heavy atom. The second-order valence-electron chi connectivity index (χ2n) is 5.44. The summed E-state index contributed by atoms with van der Waals surface area (Å²) in [5.74, 6) is 0.697. The third-order valence-corrected chi connectivity index (χ3v) is 4.10. The smallest absolute Gasteiger partial charge is 0.0545 e. The minimum atomic E-state index is 0.455. The number of nitrogens with one attached hydrogen (secondary N) is 1. The zero-order chi connectivity index (χ0) is 13.1. The van der Waals surface area contributed by atoms with E-state index in [0.717, 1.165) is 0 Å². The Bertz CT molecular complexity index is 532. The number of hydrogen-bond acceptors (Lipinski definition) is 1. The van der Waals surface area contributed by atoms with Gasteiger partial charge in [0.15, 0.2) is 0 Å². The lowest BCUT2D eigenvalue weighted by molar-refractivity contribution is 0.404. The minimum Gasteiger partial charge on any atom is -0.378 e. The standard InChI is InChI=1S/C18H21N/c1-2-8-16-13-15-11-6-7-12-17(15)19-18(16)14-9-4-3-5-10-14/h3-7,9-12,16,18-19H,2,8,13H2,1H3/t16-,18?/m0/s1. The quantitative estimate of drug-likeness (QED) is 0.825. The fraction of sp³-hybridized carbons (Fsp3) is 0.333. The number of benzene rings is 2. The summed E-state index contributed by atoms with van der Waals surface area (Å²) < 4.78 is 0. The summed E-state index contributed by atoms with van der Waals surface area (Å²) in [6, 6.07) is 20.0. The van der Waals surface area contributed by atoms with Gasteiger partial charge in [-0.3, -0.25) is 0 Å². The van der Waals surface area contributed by atoms with Gasteiger partial charge in [-0.25, -0.2) is 0 Å². The van der Waals surface area contributed by atoms with E-state index in [1.165, 1.54) is 36.1 Å². The van der Waals surface area contributed by atoms with Crippen molar-refractivity contribution in [3.8, 4) is 0 Å². The van der Waals surface area contributed by atoms with Crippen molar-refractivity contribution in [1.29, 1.82) is 0 Å². The van der Waals surface area contributed by atoms with Crippen molar-refractivity contribution in [2.45, 2.75) is 32.2 Å². The average molecular weight is 251 g/mol. The Morgan fingerprint density at radius 2 is 1.74 bits per heavy atom. The molecule has 0 aromatic heterocycles. The number of anilines is 1. The van der Waals surface area contributed by atoms with Crippen molar-refractivity contribution >= 4 is 5.69 Å². The van der Waals surface area contributed by atoms with Crippen LogP contribution in [0.25, 0.3) is 0 Å². The lowest BCUT2D eigenvalue weighted by Gasteiger charge is -2.35. The summed E-state index contributed by atoms with van der Waals surface area (Å²) in [6.07, 6.45) is 3.72. The van der Waals surface area contributed by atoms with Gasteiger partial charge < -0.3 is 5.32 Å². The maximum absolute atomic E-state index is 3.75. The van der Waals surface area contributed by atoms with Gasteiger partial charge in [0.1, 0.15) is 0 Å². The van der Waals surface area contributed by atoms with E-state index < -0.39 is 0 Å². The molecule has 2 aromatic carbocycles. The Morgan fingerprint density at radius 1 is 1.00 bits per heavy atom. The van der Waals surface area contributed by atoms with Gasteiger partial charge in [0, 0.05) is 5.69 Å². The van der Waals surface area contributed by atoms with E-state index in [-0.39, 0.29) is 0 Å². The van der Waals surface area contributed by atoms with Crippen LogP contribution < -0.4 is 5.32 Å². The number of fused-ring (bicyclic) bond motifs is 1. The van der Waals surface area contributed by atoms with Gasteiger partial charge in [-0.2, -0.15) is 0 Å². The maximum atomic E-state index is 3.75. The first kappa shape index (κ1) is 12.3. The van der Waals surface area contributed by atoms with Crippen LogP contribution in [0.2, 0.25) is 0 Å². The Kier molecular flexibility index (Phi) is 3.54. The van der Waals surface area contributed by atoms with Crippen LogP contribution in [0.15, 0.2) is 54.6 Å². The van der Waals surface area contributed by atoms with E-state index in [4.69, 9.17) is 0 Å². The lowest BCUT2D eigenvalue weighted by Crippen LogP contribution is -2.27. The molecule has 0 amide bonds. The van der Waals surface area contributed by atoms with E-state index in [0.29, 0.717) is 12.0 Å². The number of hydrogen-bond donors (Lipinski definition) is 1. The summed E-state index contributed by atoms with van der Waals surface area (Å²) in [7, 11) is 0. The molecule has 0 radical (unpaired) electrons. The van der Waals surface area contributed by atoms with Crippen molar-refractivity contribution in [3.63, 3.8) is 0 Å². The van der Waals surface area contributed by atoms with Crippen LogP contribution in [0, 0.1) is 5.92 Å². The summed E-state index contributed by atoms with van der Waals surface area (Å²) >= 11 is 0. The second-order valence-corrected chi connectivity index (χ2v) is 5.44. The molecule has 0 saturated heterocycles. The van der Waals surface area contributed by atoms with Gasteiger partial charge >= 0.3 is 0 Å². The van der Waals surface area contributed by atoms with Gasteiger partial charge in [0.25, 0.3) is 0 Å². The molecule has 2 atom stereocenters. The molecular formula is C18H21N. The van der Waals surface area contributed by atoms with Crippen LogP contribution >= 0.6 is 0 Å². The fourth-order valence-electron chi connectivity index (χ4n) is 3.18. The minimum absolute atomic E-state index is 0.455. The summed E-state index contributed by atoms with van der Waals surface area (Å²) in [4.78, 5) is 0. The molecule has 0 aliphatic carbocycles. The molecular weight excluding hydrogens is 230 g/mol. The third kappa shape index (κ3) is 2.51. The largest absolute Gasteiger partial charge is 0.378 e. The summed E-state index contributed by atoms with van der Waals surface area (Å²) in [5, 5.41) is 3.75. The first-order valence-corrected chi connectivity index (χ1v) is 7.28. The van der Waals surface area contributed by atoms with Crippen molar-refractivity contribution in [1.82, 2.24) is 0 Å². The van der Waals surface area contributed by atoms with Crippen molar-refractivity contribution in [2.75, 3.05) is 5.32 Å². The fourth-order valence-corrected chi connectivity index (χ4v) is 3.18. The SMILES string of the molecule is CCC[C@H]1Cc2ccccc2NC1c1ccccc1. The van der Waals surface area contributed by atoms with Gasteiger partial charge in [-0.05, 0) is 36.0 Å². The van der Waals surface area contributed by atoms with Gasteiger partial charge in [0.05, 0.1) is 6.04 Å². The van der Waals surface area contributed by atoms with Crippen LogP contribution in [0.5, 0.6) is 0 Å². The van der Waals surface area contributed by atoms with Crippen LogP contribution in [0.3, 0.4) is 0 Å². The molecule has 3 rings (SSSR count). The first-order chi connectivity index (χ1) is 9.38. The van der Waals surface area contributed by atoms with E-state index >= 15 is 0 Å². The van der Waals surface area contributed by atoms with Crippen LogP contribution in [0.1, 0.15) is 36.9 Å². The molecule has 1 N–H and O–H groups in total. The molecule has 1 nitrogen and oxygen atoms in total. The highest BCUT2D eigenvalue weighted by molar-refractivity contribution is 5.55. The highest BCUT2D eigenvalue weighted by Gasteiger charge is 2.28. The number of para-hydroxylation sites is 1. The van der Waals surface area contributed by atoms with E-state index in [9.17, 15) is 0 Å². The normalized spacial score (nSPS) is 21.5. The van der Waals surface area contributed by atoms with E-state index in [1.807, 2.05) is 0 Å². The monoisotopic (exact) mass is 251 g/mol. The van der Waals surface area contributed by atoms with Crippen LogP contribution in [0.4, 0.5) is 5.69 Å². The van der Waals surface area contributed by atoms with Gasteiger partial charge in [0.2, 0.25) is 0 Å². The molecule has 2 aromatic rings. The summed E-state index contributed by atoms with van der Waals surface area (Å²) in [5.41, 5.74) is 4.19. The highest BCUT2D eigenvalue weighted by Crippen LogP contribution is 2.38. The Balaban J connectivity index is 1.94. The molecule has 1 aliphatic heterocycles. The Labute approximate surface area is 115 Å². The van der Waals surface area contributed by atoms with Gasteiger partial charge in [-0.1, -0.05) is 61.9 Å². The molecule has 0 saturated carbocycles. The van der Waals surface area contributed by atoms with E-state index in [2.05, 4.69) is 66.8 Å². The molecule has 1 heteroatoms. The predicted octanol–water partition coefficient (Wildman–Crippen LogP) is 4.81. The molecule has 0 bridgehead atoms. The van der Waals surface area contributed by atoms with Crippen molar-refractivity contribution in [3.05, 3.63) is 65.7 Å². The van der Waals surface area contributed by atoms with Crippen molar-refractivity contribution < 1.29 is 0 Å². The lowest BCUT2D eigenvalue weighted by atomic mass is 9.81. The molecule has 1 aliphatic rings. The molecule has 0 fully saturated rings. The van der Waals surface area contributed by atoms with Crippen LogP contribution in [-0.2, 0) is 6.42 Å². The average Bonchev–Trinajstić information content (AvgIpc) is 2.48. The summed E-state index contributed by atoms with van der Waals surface area (Å²) in [6.45, 7) is 2.28. The molecule has 1 heterocycles. The van der Waals surface area contributed by atoms with Crippen LogP contribution in [-0.4, -0.2) is 0 Å². The van der Waals surface area contributed by atoms with Crippen molar-refractivity contribution in [2.24, 2.45) is 5.92 Å². The molecule has 0 spiro atoms. The second kappa shape index (κ2) is 5.48. The third-order valence-electron chi connectivity index (χ3n) is 4.10. The predicted molar refractivity (Wildman–Crippen MR) is 81.3 cm³/mol. The topological polar surface area (TPSA) is 12.0 Å². The number of rotatable bonds is 3. The maximum Gasteiger partial charge on any atom is 0.0545 e. The van der Waals surface area contributed by atoms with Gasteiger partial charge in [-0.15, -0.1) is 0 Å². The highest BCUT2D eigenvalue weighted by atomic mass is 14.9. The van der Waals surface area contributed by atoms with E-state index in [1.54, 1.807) is 0 Å². The zero-order valence-corrected chi connectivity index (χ0v) is 11.5. The zero-order valence-electron chi connectivity index (χ0n) is 11.5. The Hall–Kier alpha value is -1.76. The molecule has 98 valence electrons. The molecule has 19 heavy (non-hydrogen) atoms. The first-order valence-electron chi connectivity index (χ1n) is 7.28. The molecule has 1 unspecified atom stereocenters.